The van der Waals surface area contributed by atoms with Gasteiger partial charge in [0.2, 0.25) is 10.0 Å². The zero-order valence-electron chi connectivity index (χ0n) is 12.8. The second kappa shape index (κ2) is 6.92. The summed E-state index contributed by atoms with van der Waals surface area (Å²) >= 11 is 6.09. The zero-order valence-corrected chi connectivity index (χ0v) is 14.4. The maximum absolute atomic E-state index is 12.8. The van der Waals surface area contributed by atoms with Crippen LogP contribution >= 0.6 is 11.6 Å². The fourth-order valence-corrected chi connectivity index (χ4v) is 4.62. The molecule has 3 rings (SSSR count). The van der Waals surface area contributed by atoms with Gasteiger partial charge in [0.25, 0.3) is 5.91 Å². The predicted molar refractivity (Wildman–Crippen MR) is 90.6 cm³/mol. The number of H-pyrrole nitrogens is 1. The number of nitrogens with zero attached hydrogens (tertiary/aromatic N) is 2. The molecule has 1 saturated heterocycles. The third-order valence-corrected chi connectivity index (χ3v) is 6.26. The van der Waals surface area contributed by atoms with E-state index in [-0.39, 0.29) is 15.5 Å². The van der Waals surface area contributed by atoms with E-state index in [1.807, 2.05) is 0 Å². The number of piperidine rings is 1. The topological polar surface area (TPSA) is 95.2 Å². The number of anilines is 1. The fourth-order valence-electron chi connectivity index (χ4n) is 2.61. The van der Waals surface area contributed by atoms with Crippen molar-refractivity contribution >= 4 is 33.3 Å². The molecule has 1 fully saturated rings. The molecule has 0 saturated carbocycles. The van der Waals surface area contributed by atoms with Gasteiger partial charge in [0, 0.05) is 24.7 Å². The summed E-state index contributed by atoms with van der Waals surface area (Å²) in [5.41, 5.74) is 0.213. The first-order valence-electron chi connectivity index (χ1n) is 7.59. The highest BCUT2D eigenvalue weighted by Crippen LogP contribution is 2.28. The van der Waals surface area contributed by atoms with Gasteiger partial charge < -0.3 is 5.32 Å². The summed E-state index contributed by atoms with van der Waals surface area (Å²) in [6.07, 6.45) is 4.18. The summed E-state index contributed by atoms with van der Waals surface area (Å²) in [7, 11) is -3.71. The van der Waals surface area contributed by atoms with E-state index in [1.165, 1.54) is 28.7 Å². The van der Waals surface area contributed by atoms with Gasteiger partial charge in [-0.2, -0.15) is 9.40 Å². The van der Waals surface area contributed by atoms with E-state index in [4.69, 9.17) is 11.6 Å². The van der Waals surface area contributed by atoms with Crippen molar-refractivity contribution in [1.29, 1.82) is 0 Å². The van der Waals surface area contributed by atoms with Crippen LogP contribution in [0, 0.1) is 0 Å². The van der Waals surface area contributed by atoms with Crippen LogP contribution < -0.4 is 5.32 Å². The number of halogens is 1. The number of aromatic nitrogens is 2. The molecule has 7 nitrogen and oxygen atoms in total. The van der Waals surface area contributed by atoms with Gasteiger partial charge in [0.15, 0.2) is 0 Å². The highest BCUT2D eigenvalue weighted by molar-refractivity contribution is 7.89. The minimum absolute atomic E-state index is 0.0386. The summed E-state index contributed by atoms with van der Waals surface area (Å²) in [5.74, 6) is -0.0126. The summed E-state index contributed by atoms with van der Waals surface area (Å²) in [4.78, 5) is 12.2. The number of rotatable bonds is 4. The minimum Gasteiger partial charge on any atom is -0.307 e. The largest absolute Gasteiger partial charge is 0.307 e. The van der Waals surface area contributed by atoms with Gasteiger partial charge in [-0.1, -0.05) is 18.0 Å². The maximum Gasteiger partial charge on any atom is 0.256 e. The van der Waals surface area contributed by atoms with Crippen LogP contribution in [0.3, 0.4) is 0 Å². The van der Waals surface area contributed by atoms with Gasteiger partial charge >= 0.3 is 0 Å². The number of nitrogens with one attached hydrogen (secondary N) is 2. The Bertz CT molecular complexity index is 830. The van der Waals surface area contributed by atoms with Gasteiger partial charge in [-0.3, -0.25) is 9.89 Å². The number of hydrogen-bond acceptors (Lipinski definition) is 4. The van der Waals surface area contributed by atoms with Crippen LogP contribution in [0.5, 0.6) is 0 Å². The Morgan fingerprint density at radius 2 is 1.96 bits per heavy atom. The molecule has 128 valence electrons. The molecule has 0 radical (unpaired) electrons. The molecule has 0 bridgehead atoms. The van der Waals surface area contributed by atoms with Crippen LogP contribution in [0.25, 0.3) is 0 Å². The summed E-state index contributed by atoms with van der Waals surface area (Å²) in [6, 6.07) is 5.83. The van der Waals surface area contributed by atoms with Crippen molar-refractivity contribution in [1.82, 2.24) is 14.5 Å². The Hall–Kier alpha value is -1.90. The lowest BCUT2D eigenvalue weighted by Crippen LogP contribution is -2.35. The van der Waals surface area contributed by atoms with Gasteiger partial charge in [0.1, 0.15) is 10.7 Å². The van der Waals surface area contributed by atoms with Crippen LogP contribution in [0.4, 0.5) is 5.82 Å². The average molecular weight is 369 g/mol. The van der Waals surface area contributed by atoms with Crippen molar-refractivity contribution in [3.63, 3.8) is 0 Å². The maximum atomic E-state index is 12.8. The normalized spacial score (nSPS) is 16.0. The average Bonchev–Trinajstić information content (AvgIpc) is 3.09. The Balaban J connectivity index is 1.89. The van der Waals surface area contributed by atoms with Crippen molar-refractivity contribution in [2.24, 2.45) is 0 Å². The number of benzene rings is 1. The van der Waals surface area contributed by atoms with Gasteiger partial charge in [-0.05, 0) is 31.0 Å². The number of carbonyl (C=O) groups excluding carboxylic acids is 1. The molecular weight excluding hydrogens is 352 g/mol. The van der Waals surface area contributed by atoms with Crippen LogP contribution in [-0.4, -0.2) is 41.9 Å². The third kappa shape index (κ3) is 3.45. The first-order chi connectivity index (χ1) is 11.5. The first kappa shape index (κ1) is 16.9. The quantitative estimate of drug-likeness (QED) is 0.866. The fraction of sp³-hybridized carbons (Fsp3) is 0.333. The molecule has 0 aliphatic carbocycles. The Morgan fingerprint density at radius 1 is 1.21 bits per heavy atom. The molecule has 2 heterocycles. The Kier molecular flexibility index (Phi) is 4.88. The lowest BCUT2D eigenvalue weighted by Gasteiger charge is -2.26. The second-order valence-corrected chi connectivity index (χ2v) is 7.85. The van der Waals surface area contributed by atoms with Crippen molar-refractivity contribution in [2.45, 2.75) is 24.2 Å². The Labute approximate surface area is 145 Å². The van der Waals surface area contributed by atoms with E-state index >= 15 is 0 Å². The molecule has 24 heavy (non-hydrogen) atoms. The summed E-state index contributed by atoms with van der Waals surface area (Å²) < 4.78 is 27.0. The molecule has 1 aromatic heterocycles. The zero-order chi connectivity index (χ0) is 17.2. The monoisotopic (exact) mass is 368 g/mol. The van der Waals surface area contributed by atoms with Crippen LogP contribution in [0.2, 0.25) is 5.02 Å². The van der Waals surface area contributed by atoms with Crippen LogP contribution in [0.15, 0.2) is 35.4 Å². The number of aromatic amines is 1. The van der Waals surface area contributed by atoms with Gasteiger partial charge in [-0.25, -0.2) is 8.42 Å². The molecule has 0 unspecified atom stereocenters. The lowest BCUT2D eigenvalue weighted by molar-refractivity contribution is 0.102. The summed E-state index contributed by atoms with van der Waals surface area (Å²) in [6.45, 7) is 0.951. The smallest absolute Gasteiger partial charge is 0.256 e. The molecule has 1 aliphatic heterocycles. The number of amides is 1. The first-order valence-corrected chi connectivity index (χ1v) is 9.41. The van der Waals surface area contributed by atoms with Gasteiger partial charge in [0.05, 0.1) is 11.2 Å². The molecule has 0 spiro atoms. The molecule has 0 atom stereocenters. The third-order valence-electron chi connectivity index (χ3n) is 3.88. The molecule has 1 aromatic carbocycles. The molecule has 9 heteroatoms. The molecule has 1 aliphatic rings. The highest BCUT2D eigenvalue weighted by Gasteiger charge is 2.28. The molecular formula is C15H17ClN4O3S. The van der Waals surface area contributed by atoms with E-state index in [0.29, 0.717) is 18.9 Å². The highest BCUT2D eigenvalue weighted by atomic mass is 35.5. The molecule has 2 aromatic rings. The number of sulfonamides is 1. The predicted octanol–water partition coefficient (Wildman–Crippen LogP) is 2.49. The van der Waals surface area contributed by atoms with Crippen molar-refractivity contribution < 1.29 is 13.2 Å². The lowest BCUT2D eigenvalue weighted by atomic mass is 10.2. The number of hydrogen-bond donors (Lipinski definition) is 2. The van der Waals surface area contributed by atoms with E-state index in [9.17, 15) is 13.2 Å². The van der Waals surface area contributed by atoms with E-state index in [2.05, 4.69) is 15.5 Å². The van der Waals surface area contributed by atoms with Crippen LogP contribution in [-0.2, 0) is 10.0 Å². The minimum atomic E-state index is -3.71. The SMILES string of the molecule is O=C(Nc1ccn[nH]1)c1ccc(Cl)c(S(=O)(=O)N2CCCCC2)c1. The summed E-state index contributed by atoms with van der Waals surface area (Å²) in [5, 5.41) is 9.07. The van der Waals surface area contributed by atoms with Gasteiger partial charge in [-0.15, -0.1) is 0 Å². The number of carbonyl (C=O) groups is 1. The second-order valence-electron chi connectivity index (χ2n) is 5.53. The van der Waals surface area contributed by atoms with E-state index < -0.39 is 15.9 Å². The van der Waals surface area contributed by atoms with Crippen molar-refractivity contribution in [2.75, 3.05) is 18.4 Å². The molecule has 2 N–H and O–H groups in total. The van der Waals surface area contributed by atoms with E-state index in [1.54, 1.807) is 6.07 Å². The Morgan fingerprint density at radius 3 is 2.62 bits per heavy atom. The van der Waals surface area contributed by atoms with Crippen molar-refractivity contribution in [3.05, 3.63) is 41.0 Å². The van der Waals surface area contributed by atoms with Crippen molar-refractivity contribution in [3.8, 4) is 0 Å². The molecule has 1 amide bonds. The standard InChI is InChI=1S/C15H17ClN4O3S/c16-12-5-4-11(15(21)18-14-6-7-17-19-14)10-13(12)24(22,23)20-8-2-1-3-9-20/h4-7,10H,1-3,8-9H2,(H2,17,18,19,21). The van der Waals surface area contributed by atoms with Crippen LogP contribution in [0.1, 0.15) is 29.6 Å². The van der Waals surface area contributed by atoms with E-state index in [0.717, 1.165) is 19.3 Å².